The highest BCUT2D eigenvalue weighted by Gasteiger charge is 2.10. The molecule has 4 heteroatoms. The van der Waals surface area contributed by atoms with Crippen LogP contribution in [-0.2, 0) is 4.79 Å². The number of methoxy groups -OCH3 is 1. The Bertz CT molecular complexity index is 626. The number of benzene rings is 2. The molecule has 0 fully saturated rings. The zero-order valence-electron chi connectivity index (χ0n) is 13.2. The summed E-state index contributed by atoms with van der Waals surface area (Å²) in [5.41, 5.74) is 2.92. The first-order chi connectivity index (χ1) is 10.6. The SMILES string of the molecule is COc1ccc(C)cc1NC(=O)CN[C@@H](C)c1ccccc1. The van der Waals surface area contributed by atoms with Crippen LogP contribution >= 0.6 is 0 Å². The van der Waals surface area contributed by atoms with Gasteiger partial charge in [0, 0.05) is 6.04 Å². The van der Waals surface area contributed by atoms with E-state index in [4.69, 9.17) is 4.74 Å². The largest absolute Gasteiger partial charge is 0.495 e. The summed E-state index contributed by atoms with van der Waals surface area (Å²) < 4.78 is 5.26. The van der Waals surface area contributed by atoms with Crippen molar-refractivity contribution in [1.82, 2.24) is 5.32 Å². The van der Waals surface area contributed by atoms with Crippen LogP contribution in [0, 0.1) is 6.92 Å². The number of hydrogen-bond acceptors (Lipinski definition) is 3. The van der Waals surface area contributed by atoms with E-state index in [1.54, 1.807) is 7.11 Å². The van der Waals surface area contributed by atoms with E-state index in [9.17, 15) is 4.79 Å². The second-order valence-corrected chi connectivity index (χ2v) is 5.27. The lowest BCUT2D eigenvalue weighted by atomic mass is 10.1. The van der Waals surface area contributed by atoms with Crippen molar-refractivity contribution in [2.24, 2.45) is 0 Å². The van der Waals surface area contributed by atoms with E-state index in [-0.39, 0.29) is 18.5 Å². The van der Waals surface area contributed by atoms with Gasteiger partial charge in [-0.25, -0.2) is 0 Å². The summed E-state index contributed by atoms with van der Waals surface area (Å²) in [6, 6.07) is 15.9. The maximum atomic E-state index is 12.1. The summed E-state index contributed by atoms with van der Waals surface area (Å²) >= 11 is 0. The summed E-state index contributed by atoms with van der Waals surface area (Å²) in [6.07, 6.45) is 0. The van der Waals surface area contributed by atoms with E-state index in [1.165, 1.54) is 0 Å². The predicted octanol–water partition coefficient (Wildman–Crippen LogP) is 3.29. The molecule has 2 aromatic rings. The third-order valence-electron chi connectivity index (χ3n) is 3.50. The van der Waals surface area contributed by atoms with E-state index in [0.717, 1.165) is 11.1 Å². The summed E-state index contributed by atoms with van der Waals surface area (Å²) in [4.78, 5) is 12.1. The van der Waals surface area contributed by atoms with E-state index < -0.39 is 0 Å². The van der Waals surface area contributed by atoms with Gasteiger partial charge < -0.3 is 15.4 Å². The van der Waals surface area contributed by atoms with Gasteiger partial charge in [0.15, 0.2) is 0 Å². The van der Waals surface area contributed by atoms with Crippen molar-refractivity contribution in [3.8, 4) is 5.75 Å². The Morgan fingerprint density at radius 2 is 1.91 bits per heavy atom. The van der Waals surface area contributed by atoms with Crippen molar-refractivity contribution in [3.05, 3.63) is 59.7 Å². The third kappa shape index (κ3) is 4.33. The first-order valence-corrected chi connectivity index (χ1v) is 7.33. The summed E-state index contributed by atoms with van der Waals surface area (Å²) in [5, 5.41) is 6.10. The minimum absolute atomic E-state index is 0.0910. The first kappa shape index (κ1) is 16.0. The molecule has 0 aliphatic carbocycles. The highest BCUT2D eigenvalue weighted by molar-refractivity contribution is 5.93. The van der Waals surface area contributed by atoms with Gasteiger partial charge in [0.2, 0.25) is 5.91 Å². The minimum atomic E-state index is -0.0910. The van der Waals surface area contributed by atoms with Gasteiger partial charge in [0.25, 0.3) is 0 Å². The number of hydrogen-bond donors (Lipinski definition) is 2. The average Bonchev–Trinajstić information content (AvgIpc) is 2.53. The molecule has 0 aromatic heterocycles. The van der Waals surface area contributed by atoms with E-state index >= 15 is 0 Å². The van der Waals surface area contributed by atoms with Gasteiger partial charge in [-0.3, -0.25) is 4.79 Å². The molecule has 0 heterocycles. The van der Waals surface area contributed by atoms with Gasteiger partial charge >= 0.3 is 0 Å². The summed E-state index contributed by atoms with van der Waals surface area (Å²) in [5.74, 6) is 0.571. The highest BCUT2D eigenvalue weighted by Crippen LogP contribution is 2.25. The van der Waals surface area contributed by atoms with Crippen LogP contribution in [-0.4, -0.2) is 19.6 Å². The first-order valence-electron chi connectivity index (χ1n) is 7.33. The Labute approximate surface area is 131 Å². The average molecular weight is 298 g/mol. The van der Waals surface area contributed by atoms with Crippen molar-refractivity contribution >= 4 is 11.6 Å². The molecule has 0 bridgehead atoms. The zero-order chi connectivity index (χ0) is 15.9. The van der Waals surface area contributed by atoms with Gasteiger partial charge in [-0.1, -0.05) is 36.4 Å². The molecule has 1 amide bonds. The number of amides is 1. The number of ether oxygens (including phenoxy) is 1. The van der Waals surface area contributed by atoms with Crippen LogP contribution in [0.4, 0.5) is 5.69 Å². The summed E-state index contributed by atoms with van der Waals surface area (Å²) in [6.45, 7) is 4.26. The van der Waals surface area contributed by atoms with Crippen LogP contribution in [0.15, 0.2) is 48.5 Å². The van der Waals surface area contributed by atoms with Crippen molar-refractivity contribution in [2.75, 3.05) is 19.0 Å². The van der Waals surface area contributed by atoms with Gasteiger partial charge in [-0.2, -0.15) is 0 Å². The molecule has 22 heavy (non-hydrogen) atoms. The molecule has 2 rings (SSSR count). The lowest BCUT2D eigenvalue weighted by molar-refractivity contribution is -0.115. The topological polar surface area (TPSA) is 50.4 Å². The van der Waals surface area contributed by atoms with Crippen LogP contribution in [0.5, 0.6) is 5.75 Å². The number of anilines is 1. The quantitative estimate of drug-likeness (QED) is 0.860. The molecule has 116 valence electrons. The molecular formula is C18H22N2O2. The normalized spacial score (nSPS) is 11.8. The lowest BCUT2D eigenvalue weighted by Crippen LogP contribution is -2.30. The Morgan fingerprint density at radius 1 is 1.18 bits per heavy atom. The molecule has 0 aliphatic heterocycles. The lowest BCUT2D eigenvalue weighted by Gasteiger charge is -2.15. The Morgan fingerprint density at radius 3 is 2.59 bits per heavy atom. The maximum Gasteiger partial charge on any atom is 0.238 e. The number of nitrogens with one attached hydrogen (secondary N) is 2. The number of rotatable bonds is 6. The Balaban J connectivity index is 1.92. The Hall–Kier alpha value is -2.33. The van der Waals surface area contributed by atoms with Gasteiger partial charge in [-0.05, 0) is 37.1 Å². The standard InChI is InChI=1S/C18H22N2O2/c1-13-9-10-17(22-3)16(11-13)20-18(21)12-19-14(2)15-7-5-4-6-8-15/h4-11,14,19H,12H2,1-3H3,(H,20,21)/t14-/m0/s1. The fourth-order valence-electron chi connectivity index (χ4n) is 2.22. The smallest absolute Gasteiger partial charge is 0.238 e. The van der Waals surface area contributed by atoms with Crippen molar-refractivity contribution < 1.29 is 9.53 Å². The second-order valence-electron chi connectivity index (χ2n) is 5.27. The van der Waals surface area contributed by atoms with Crippen LogP contribution in [0.25, 0.3) is 0 Å². The fourth-order valence-corrected chi connectivity index (χ4v) is 2.22. The van der Waals surface area contributed by atoms with Crippen molar-refractivity contribution in [2.45, 2.75) is 19.9 Å². The molecule has 0 unspecified atom stereocenters. The van der Waals surface area contributed by atoms with Crippen LogP contribution in [0.1, 0.15) is 24.1 Å². The van der Waals surface area contributed by atoms with Crippen LogP contribution in [0.3, 0.4) is 0 Å². The van der Waals surface area contributed by atoms with Gasteiger partial charge in [0.1, 0.15) is 5.75 Å². The van der Waals surface area contributed by atoms with Crippen molar-refractivity contribution in [3.63, 3.8) is 0 Å². The van der Waals surface area contributed by atoms with E-state index in [0.29, 0.717) is 11.4 Å². The fraction of sp³-hybridized carbons (Fsp3) is 0.278. The molecule has 2 N–H and O–H groups in total. The molecule has 0 aliphatic rings. The predicted molar refractivity (Wildman–Crippen MR) is 89.2 cm³/mol. The highest BCUT2D eigenvalue weighted by atomic mass is 16.5. The Kier molecular flexibility index (Phi) is 5.55. The monoisotopic (exact) mass is 298 g/mol. The zero-order valence-corrected chi connectivity index (χ0v) is 13.2. The number of aryl methyl sites for hydroxylation is 1. The van der Waals surface area contributed by atoms with Gasteiger partial charge in [-0.15, -0.1) is 0 Å². The van der Waals surface area contributed by atoms with Crippen molar-refractivity contribution in [1.29, 1.82) is 0 Å². The molecule has 0 spiro atoms. The second kappa shape index (κ2) is 7.61. The van der Waals surface area contributed by atoms with Crippen LogP contribution < -0.4 is 15.4 Å². The summed E-state index contributed by atoms with van der Waals surface area (Å²) in [7, 11) is 1.59. The van der Waals surface area contributed by atoms with Crippen LogP contribution in [0.2, 0.25) is 0 Å². The molecule has 1 atom stereocenters. The molecule has 0 saturated carbocycles. The van der Waals surface area contributed by atoms with E-state index in [1.807, 2.05) is 62.4 Å². The molecule has 2 aromatic carbocycles. The van der Waals surface area contributed by atoms with E-state index in [2.05, 4.69) is 10.6 Å². The molecule has 0 radical (unpaired) electrons. The maximum absolute atomic E-state index is 12.1. The minimum Gasteiger partial charge on any atom is -0.495 e. The number of carbonyl (C=O) groups is 1. The molecule has 4 nitrogen and oxygen atoms in total. The van der Waals surface area contributed by atoms with Gasteiger partial charge in [0.05, 0.1) is 19.3 Å². The third-order valence-corrected chi connectivity index (χ3v) is 3.50. The molecule has 0 saturated heterocycles. The molecular weight excluding hydrogens is 276 g/mol. The number of carbonyl (C=O) groups excluding carboxylic acids is 1.